The lowest BCUT2D eigenvalue weighted by atomic mass is 9.77. The number of benzene rings is 1. The summed E-state index contributed by atoms with van der Waals surface area (Å²) in [6.07, 6.45) is 10.3. The van der Waals surface area contributed by atoms with Gasteiger partial charge in [-0.2, -0.15) is 0 Å². The first kappa shape index (κ1) is 17.3. The number of rotatable bonds is 4. The van der Waals surface area contributed by atoms with Crippen molar-refractivity contribution >= 4 is 11.4 Å². The summed E-state index contributed by atoms with van der Waals surface area (Å²) in [5.74, 6) is 1.23. The molecule has 3 nitrogen and oxygen atoms in total. The van der Waals surface area contributed by atoms with E-state index in [1.54, 1.807) is 11.1 Å². The Labute approximate surface area is 157 Å². The zero-order chi connectivity index (χ0) is 18.1. The molecule has 1 aromatic carbocycles. The smallest absolute Gasteiger partial charge is 0.124 e. The van der Waals surface area contributed by atoms with Crippen LogP contribution in [-0.4, -0.2) is 23.9 Å². The molecule has 4 rings (SSSR count). The zero-order valence-corrected chi connectivity index (χ0v) is 16.2. The monoisotopic (exact) mass is 347 g/mol. The number of pyridine rings is 1. The van der Waals surface area contributed by atoms with E-state index in [2.05, 4.69) is 61.1 Å². The van der Waals surface area contributed by atoms with Crippen LogP contribution in [0.4, 0.5) is 5.69 Å². The van der Waals surface area contributed by atoms with Gasteiger partial charge in [0.25, 0.3) is 0 Å². The summed E-state index contributed by atoms with van der Waals surface area (Å²) in [5.41, 5.74) is 6.72. The van der Waals surface area contributed by atoms with Crippen LogP contribution in [0.3, 0.4) is 0 Å². The second kappa shape index (κ2) is 7.22. The average Bonchev–Trinajstić information content (AvgIpc) is 2.69. The van der Waals surface area contributed by atoms with Crippen molar-refractivity contribution in [2.75, 3.05) is 11.9 Å². The normalized spacial score (nSPS) is 23.0. The van der Waals surface area contributed by atoms with E-state index < -0.39 is 0 Å². The van der Waals surface area contributed by atoms with Gasteiger partial charge in [-0.1, -0.05) is 31.2 Å². The summed E-state index contributed by atoms with van der Waals surface area (Å²) in [5, 5.41) is 0. The highest BCUT2D eigenvalue weighted by atomic mass is 15.3. The molecule has 1 aliphatic carbocycles. The Balaban J connectivity index is 1.60. The minimum absolute atomic E-state index is 0.214. The highest BCUT2D eigenvalue weighted by molar-refractivity contribution is 6.04. The fourth-order valence-electron chi connectivity index (χ4n) is 4.86. The summed E-state index contributed by atoms with van der Waals surface area (Å²) in [7, 11) is 2.18. The Morgan fingerprint density at radius 2 is 2.08 bits per heavy atom. The molecule has 2 heterocycles. The number of aromatic nitrogens is 1. The Hall–Kier alpha value is -2.16. The van der Waals surface area contributed by atoms with E-state index >= 15 is 0 Å². The van der Waals surface area contributed by atoms with Crippen molar-refractivity contribution in [2.45, 2.75) is 58.0 Å². The molecule has 0 saturated carbocycles. The van der Waals surface area contributed by atoms with Crippen molar-refractivity contribution in [3.8, 4) is 0 Å². The van der Waals surface area contributed by atoms with Gasteiger partial charge in [0.05, 0.1) is 11.9 Å². The minimum Gasteiger partial charge on any atom is -0.351 e. The maximum Gasteiger partial charge on any atom is 0.124 e. The number of aliphatic imine (C=N–C) groups is 1. The molecular weight excluding hydrogens is 318 g/mol. The van der Waals surface area contributed by atoms with Crippen molar-refractivity contribution in [3.05, 3.63) is 59.4 Å². The van der Waals surface area contributed by atoms with Crippen LogP contribution < -0.4 is 4.90 Å². The summed E-state index contributed by atoms with van der Waals surface area (Å²) in [6, 6.07) is 11.1. The Kier molecular flexibility index (Phi) is 4.80. The second-order valence-electron chi connectivity index (χ2n) is 7.82. The molecule has 0 spiro atoms. The fourth-order valence-corrected chi connectivity index (χ4v) is 4.86. The SMILES string of the molecule is CCC(CC1CCCc2ccccc21)C1N=C(C)c2ccncc2N1C. The Bertz CT molecular complexity index is 811. The van der Waals surface area contributed by atoms with E-state index in [1.165, 1.54) is 36.9 Å². The van der Waals surface area contributed by atoms with Crippen LogP contribution in [-0.2, 0) is 6.42 Å². The van der Waals surface area contributed by atoms with Gasteiger partial charge < -0.3 is 4.90 Å². The molecule has 0 fully saturated rings. The predicted molar refractivity (Wildman–Crippen MR) is 109 cm³/mol. The average molecular weight is 348 g/mol. The predicted octanol–water partition coefficient (Wildman–Crippen LogP) is 5.20. The molecule has 0 N–H and O–H groups in total. The molecule has 1 aliphatic heterocycles. The largest absolute Gasteiger partial charge is 0.351 e. The molecule has 0 radical (unpaired) electrons. The first-order chi connectivity index (χ1) is 12.7. The van der Waals surface area contributed by atoms with E-state index in [1.807, 2.05) is 12.4 Å². The van der Waals surface area contributed by atoms with E-state index in [0.29, 0.717) is 11.8 Å². The van der Waals surface area contributed by atoms with Gasteiger partial charge in [0.2, 0.25) is 0 Å². The van der Waals surface area contributed by atoms with Gasteiger partial charge in [-0.25, -0.2) is 0 Å². The van der Waals surface area contributed by atoms with E-state index in [-0.39, 0.29) is 6.17 Å². The molecule has 2 aromatic rings. The molecule has 2 aliphatic rings. The molecule has 3 heteroatoms. The molecule has 26 heavy (non-hydrogen) atoms. The number of hydrogen-bond donors (Lipinski definition) is 0. The third-order valence-electron chi connectivity index (χ3n) is 6.32. The quantitative estimate of drug-likeness (QED) is 0.760. The number of hydrogen-bond acceptors (Lipinski definition) is 3. The minimum atomic E-state index is 0.214. The van der Waals surface area contributed by atoms with Crippen molar-refractivity contribution in [2.24, 2.45) is 10.9 Å². The summed E-state index contributed by atoms with van der Waals surface area (Å²) in [4.78, 5) is 11.8. The lowest BCUT2D eigenvalue weighted by molar-refractivity contribution is 0.333. The van der Waals surface area contributed by atoms with Crippen molar-refractivity contribution in [1.29, 1.82) is 0 Å². The van der Waals surface area contributed by atoms with Crippen LogP contribution in [0.1, 0.15) is 62.1 Å². The maximum atomic E-state index is 5.11. The van der Waals surface area contributed by atoms with Crippen LogP contribution in [0.2, 0.25) is 0 Å². The van der Waals surface area contributed by atoms with Crippen molar-refractivity contribution < 1.29 is 0 Å². The summed E-state index contributed by atoms with van der Waals surface area (Å²) < 4.78 is 0. The van der Waals surface area contributed by atoms with Gasteiger partial charge in [0.15, 0.2) is 0 Å². The molecular formula is C23H29N3. The van der Waals surface area contributed by atoms with Gasteiger partial charge in [-0.05, 0) is 68.1 Å². The number of nitrogens with zero attached hydrogens (tertiary/aromatic N) is 3. The van der Waals surface area contributed by atoms with Gasteiger partial charge in [0.1, 0.15) is 6.17 Å². The fraction of sp³-hybridized carbons (Fsp3) is 0.478. The maximum absolute atomic E-state index is 5.11. The lowest BCUT2D eigenvalue weighted by Gasteiger charge is -2.39. The van der Waals surface area contributed by atoms with Gasteiger partial charge in [-0.3, -0.25) is 9.98 Å². The zero-order valence-electron chi connectivity index (χ0n) is 16.2. The standard InChI is InChI=1S/C23H29N3/c1-4-17(14-19-10-7-9-18-8-5-6-11-21(18)19)23-25-16(2)20-12-13-24-15-22(20)26(23)3/h5-6,8,11-13,15,17,19,23H,4,7,9-10,14H2,1-3H3. The Morgan fingerprint density at radius 3 is 2.92 bits per heavy atom. The van der Waals surface area contributed by atoms with Crippen LogP contribution in [0.25, 0.3) is 0 Å². The van der Waals surface area contributed by atoms with E-state index in [9.17, 15) is 0 Å². The van der Waals surface area contributed by atoms with Gasteiger partial charge >= 0.3 is 0 Å². The molecule has 3 atom stereocenters. The Morgan fingerprint density at radius 1 is 1.23 bits per heavy atom. The lowest BCUT2D eigenvalue weighted by Crippen LogP contribution is -2.41. The molecule has 1 aromatic heterocycles. The van der Waals surface area contributed by atoms with Crippen molar-refractivity contribution in [1.82, 2.24) is 4.98 Å². The van der Waals surface area contributed by atoms with Crippen LogP contribution in [0.5, 0.6) is 0 Å². The molecule has 3 unspecified atom stereocenters. The highest BCUT2D eigenvalue weighted by Crippen LogP contribution is 2.40. The summed E-state index contributed by atoms with van der Waals surface area (Å²) in [6.45, 7) is 4.46. The van der Waals surface area contributed by atoms with Crippen LogP contribution >= 0.6 is 0 Å². The molecule has 136 valence electrons. The number of fused-ring (bicyclic) bond motifs is 2. The van der Waals surface area contributed by atoms with Crippen LogP contribution in [0, 0.1) is 5.92 Å². The third-order valence-corrected chi connectivity index (χ3v) is 6.32. The molecule has 0 amide bonds. The van der Waals surface area contributed by atoms with Crippen molar-refractivity contribution in [3.63, 3.8) is 0 Å². The molecule has 0 bridgehead atoms. The topological polar surface area (TPSA) is 28.5 Å². The van der Waals surface area contributed by atoms with Crippen LogP contribution in [0.15, 0.2) is 47.7 Å². The highest BCUT2D eigenvalue weighted by Gasteiger charge is 2.32. The summed E-state index contributed by atoms with van der Waals surface area (Å²) >= 11 is 0. The second-order valence-corrected chi connectivity index (χ2v) is 7.82. The number of anilines is 1. The third kappa shape index (κ3) is 3.04. The molecule has 0 saturated heterocycles. The van der Waals surface area contributed by atoms with E-state index in [0.717, 1.165) is 12.1 Å². The van der Waals surface area contributed by atoms with E-state index in [4.69, 9.17) is 4.99 Å². The van der Waals surface area contributed by atoms with Gasteiger partial charge in [-0.15, -0.1) is 0 Å². The first-order valence-corrected chi connectivity index (χ1v) is 9.98. The first-order valence-electron chi connectivity index (χ1n) is 9.98. The number of aryl methyl sites for hydroxylation is 1. The van der Waals surface area contributed by atoms with Gasteiger partial charge in [0, 0.05) is 24.5 Å².